The minimum atomic E-state index is 0.874. The average Bonchev–Trinajstić information content (AvgIpc) is 3.24. The van der Waals surface area contributed by atoms with Crippen molar-refractivity contribution in [1.29, 1.82) is 0 Å². The van der Waals surface area contributed by atoms with Crippen LogP contribution in [-0.4, -0.2) is 4.98 Å². The van der Waals surface area contributed by atoms with Crippen LogP contribution in [0.5, 0.6) is 0 Å². The van der Waals surface area contributed by atoms with Crippen LogP contribution >= 0.6 is 0 Å². The van der Waals surface area contributed by atoms with Gasteiger partial charge in [-0.2, -0.15) is 0 Å². The van der Waals surface area contributed by atoms with Crippen molar-refractivity contribution in [2.45, 2.75) is 0 Å². The van der Waals surface area contributed by atoms with Crippen LogP contribution in [-0.2, 0) is 0 Å². The number of nitrogens with zero attached hydrogens (tertiary/aromatic N) is 2. The summed E-state index contributed by atoms with van der Waals surface area (Å²) < 4.78 is 0. The lowest BCUT2D eigenvalue weighted by atomic mass is 9.85. The summed E-state index contributed by atoms with van der Waals surface area (Å²) in [6.45, 7) is 0. The quantitative estimate of drug-likeness (QED) is 0.129. The normalized spacial score (nSPS) is 11.4. The van der Waals surface area contributed by atoms with Crippen molar-refractivity contribution in [3.8, 4) is 33.4 Å². The Balaban J connectivity index is 1.14. The zero-order chi connectivity index (χ0) is 35.1. The molecule has 0 saturated heterocycles. The van der Waals surface area contributed by atoms with Gasteiger partial charge in [0.15, 0.2) is 0 Å². The molecule has 0 radical (unpaired) electrons. The molecule has 9 aromatic carbocycles. The van der Waals surface area contributed by atoms with Crippen molar-refractivity contribution in [1.82, 2.24) is 4.98 Å². The molecule has 0 spiro atoms. The number of hydrogen-bond acceptors (Lipinski definition) is 2. The highest BCUT2D eigenvalue weighted by Crippen LogP contribution is 2.46. The molecule has 0 fully saturated rings. The summed E-state index contributed by atoms with van der Waals surface area (Å²) in [6.07, 6.45) is 1.87. The van der Waals surface area contributed by atoms with Gasteiger partial charge in [-0.1, -0.05) is 170 Å². The lowest BCUT2D eigenvalue weighted by Crippen LogP contribution is -2.12. The van der Waals surface area contributed by atoms with Gasteiger partial charge in [-0.05, 0) is 101 Å². The predicted molar refractivity (Wildman–Crippen MR) is 225 cm³/mol. The summed E-state index contributed by atoms with van der Waals surface area (Å²) >= 11 is 0. The molecule has 0 aliphatic heterocycles. The second-order valence-electron chi connectivity index (χ2n) is 13.5. The lowest BCUT2D eigenvalue weighted by Gasteiger charge is -2.27. The Kier molecular flexibility index (Phi) is 7.51. The number of pyridine rings is 1. The maximum Gasteiger partial charge on any atom is 0.137 e. The molecule has 10 aromatic rings. The third-order valence-electron chi connectivity index (χ3n) is 10.5. The highest BCUT2D eigenvalue weighted by Gasteiger charge is 2.20. The molecule has 0 atom stereocenters. The summed E-state index contributed by atoms with van der Waals surface area (Å²) in [5.74, 6) is 0.874. The van der Waals surface area contributed by atoms with Crippen LogP contribution in [0.2, 0.25) is 0 Å². The maximum atomic E-state index is 4.87. The highest BCUT2D eigenvalue weighted by molar-refractivity contribution is 6.21. The average molecular weight is 675 g/mol. The van der Waals surface area contributed by atoms with Gasteiger partial charge in [-0.25, -0.2) is 4.98 Å². The van der Waals surface area contributed by atoms with Gasteiger partial charge in [0.1, 0.15) is 5.82 Å². The van der Waals surface area contributed by atoms with E-state index in [1.807, 2.05) is 12.3 Å². The van der Waals surface area contributed by atoms with Crippen molar-refractivity contribution >= 4 is 60.3 Å². The molecule has 0 amide bonds. The molecule has 2 heteroatoms. The summed E-state index contributed by atoms with van der Waals surface area (Å²) in [5, 5.41) is 9.83. The van der Waals surface area contributed by atoms with Gasteiger partial charge in [0.2, 0.25) is 0 Å². The first-order valence-corrected chi connectivity index (χ1v) is 18.1. The predicted octanol–water partition coefficient (Wildman–Crippen LogP) is 14.2. The van der Waals surface area contributed by atoms with Crippen molar-refractivity contribution in [2.75, 3.05) is 4.90 Å². The standard InChI is InChI=1S/C51H34N2/c1-2-14-35(15-3-1)36-25-27-37(28-26-36)50-44-20-8-10-22-46(44)51(47-23-11-9-21-45(47)50)38-29-31-40(32-30-38)53(49-24-12-13-33-52-49)48-34-39-16-4-5-17-41(39)42-18-6-7-19-43(42)48/h1-34H. The minimum absolute atomic E-state index is 0.874. The zero-order valence-electron chi connectivity index (χ0n) is 29.0. The zero-order valence-corrected chi connectivity index (χ0v) is 29.0. The van der Waals surface area contributed by atoms with Gasteiger partial charge in [0.05, 0.1) is 5.69 Å². The Morgan fingerprint density at radius 3 is 1.36 bits per heavy atom. The van der Waals surface area contributed by atoms with Crippen LogP contribution in [0, 0.1) is 0 Å². The number of aromatic nitrogens is 1. The van der Waals surface area contributed by atoms with E-state index in [0.717, 1.165) is 17.2 Å². The van der Waals surface area contributed by atoms with E-state index in [0.29, 0.717) is 0 Å². The molecule has 0 aliphatic carbocycles. The fourth-order valence-electron chi connectivity index (χ4n) is 8.09. The molecule has 53 heavy (non-hydrogen) atoms. The molecule has 10 rings (SSSR count). The van der Waals surface area contributed by atoms with Gasteiger partial charge in [-0.3, -0.25) is 4.90 Å². The smallest absolute Gasteiger partial charge is 0.137 e. The van der Waals surface area contributed by atoms with Gasteiger partial charge >= 0.3 is 0 Å². The SMILES string of the molecule is c1ccc(-c2ccc(-c3c4ccccc4c(-c4ccc(N(c5ccccn5)c5cc6ccccc6c6ccccc56)cc4)c4ccccc34)cc2)cc1. The van der Waals surface area contributed by atoms with Crippen LogP contribution < -0.4 is 4.90 Å². The van der Waals surface area contributed by atoms with E-state index in [-0.39, 0.29) is 0 Å². The third-order valence-corrected chi connectivity index (χ3v) is 10.5. The van der Waals surface area contributed by atoms with E-state index >= 15 is 0 Å². The second kappa shape index (κ2) is 12.9. The lowest BCUT2D eigenvalue weighted by molar-refractivity contribution is 1.19. The van der Waals surface area contributed by atoms with E-state index in [4.69, 9.17) is 4.98 Å². The Morgan fingerprint density at radius 2 is 0.774 bits per heavy atom. The Hall–Kier alpha value is -7.03. The Bertz CT molecular complexity index is 2860. The molecule has 0 unspecified atom stereocenters. The molecule has 1 aromatic heterocycles. The van der Waals surface area contributed by atoms with Gasteiger partial charge in [0, 0.05) is 17.3 Å². The van der Waals surface area contributed by atoms with E-state index in [9.17, 15) is 0 Å². The number of fused-ring (bicyclic) bond motifs is 5. The number of benzene rings is 9. The number of rotatable bonds is 6. The summed E-state index contributed by atoms with van der Waals surface area (Å²) in [6, 6.07) is 72.1. The molecule has 248 valence electrons. The molecule has 2 nitrogen and oxygen atoms in total. The van der Waals surface area contributed by atoms with Gasteiger partial charge in [-0.15, -0.1) is 0 Å². The van der Waals surface area contributed by atoms with Crippen molar-refractivity contribution in [3.05, 3.63) is 206 Å². The molecular formula is C51H34N2. The second-order valence-corrected chi connectivity index (χ2v) is 13.5. The van der Waals surface area contributed by atoms with E-state index in [1.165, 1.54) is 76.5 Å². The van der Waals surface area contributed by atoms with Crippen LogP contribution in [0.4, 0.5) is 17.2 Å². The van der Waals surface area contributed by atoms with E-state index in [1.54, 1.807) is 0 Å². The summed E-state index contributed by atoms with van der Waals surface area (Å²) in [7, 11) is 0. The Labute approximate surface area is 308 Å². The minimum Gasteiger partial charge on any atom is -0.294 e. The first kappa shape index (κ1) is 30.8. The third kappa shape index (κ3) is 5.32. The summed E-state index contributed by atoms with van der Waals surface area (Å²) in [4.78, 5) is 7.16. The van der Waals surface area contributed by atoms with Gasteiger partial charge in [0.25, 0.3) is 0 Å². The molecular weight excluding hydrogens is 641 g/mol. The van der Waals surface area contributed by atoms with E-state index < -0.39 is 0 Å². The number of anilines is 3. The van der Waals surface area contributed by atoms with Crippen LogP contribution in [0.3, 0.4) is 0 Å². The monoisotopic (exact) mass is 674 g/mol. The van der Waals surface area contributed by atoms with Crippen LogP contribution in [0.25, 0.3) is 76.5 Å². The largest absolute Gasteiger partial charge is 0.294 e. The highest BCUT2D eigenvalue weighted by atomic mass is 15.2. The number of hydrogen-bond donors (Lipinski definition) is 0. The summed E-state index contributed by atoms with van der Waals surface area (Å²) in [5.41, 5.74) is 9.50. The van der Waals surface area contributed by atoms with Crippen molar-refractivity contribution in [3.63, 3.8) is 0 Å². The molecule has 0 bridgehead atoms. The van der Waals surface area contributed by atoms with Crippen molar-refractivity contribution < 1.29 is 0 Å². The molecule has 1 heterocycles. The first-order valence-electron chi connectivity index (χ1n) is 18.1. The fourth-order valence-corrected chi connectivity index (χ4v) is 8.09. The van der Waals surface area contributed by atoms with E-state index in [2.05, 4.69) is 199 Å². The molecule has 0 N–H and O–H groups in total. The Morgan fingerprint density at radius 1 is 0.321 bits per heavy atom. The maximum absolute atomic E-state index is 4.87. The van der Waals surface area contributed by atoms with Crippen molar-refractivity contribution in [2.24, 2.45) is 0 Å². The fraction of sp³-hybridized carbons (Fsp3) is 0. The van der Waals surface area contributed by atoms with Crippen LogP contribution in [0.15, 0.2) is 206 Å². The van der Waals surface area contributed by atoms with Crippen LogP contribution in [0.1, 0.15) is 0 Å². The molecule has 0 aliphatic rings. The first-order chi connectivity index (χ1) is 26.3. The topological polar surface area (TPSA) is 16.1 Å². The van der Waals surface area contributed by atoms with Gasteiger partial charge < -0.3 is 0 Å². The molecule has 0 saturated carbocycles.